The van der Waals surface area contributed by atoms with Crippen molar-refractivity contribution in [1.29, 1.82) is 0 Å². The van der Waals surface area contributed by atoms with Crippen LogP contribution in [0.1, 0.15) is 12.5 Å². The molecule has 1 rings (SSSR count). The lowest BCUT2D eigenvalue weighted by Gasteiger charge is -2.08. The van der Waals surface area contributed by atoms with Crippen LogP contribution in [-0.2, 0) is 6.54 Å². The Morgan fingerprint density at radius 2 is 2.29 bits per heavy atom. The van der Waals surface area contributed by atoms with Crippen molar-refractivity contribution in [3.05, 3.63) is 34.3 Å². The molecule has 3 nitrogen and oxygen atoms in total. The lowest BCUT2D eigenvalue weighted by Crippen LogP contribution is -2.37. The van der Waals surface area contributed by atoms with Gasteiger partial charge in [-0.1, -0.05) is 34.0 Å². The van der Waals surface area contributed by atoms with Crippen LogP contribution in [0.3, 0.4) is 0 Å². The first-order valence-corrected chi connectivity index (χ1v) is 6.25. The Morgan fingerprint density at radius 3 is 2.94 bits per heavy atom. The molecule has 0 bridgehead atoms. The summed E-state index contributed by atoms with van der Waals surface area (Å²) in [5, 5.41) is 6.18. The molecular formula is C13H16BrN3. The smallest absolute Gasteiger partial charge is 0.192 e. The van der Waals surface area contributed by atoms with E-state index in [4.69, 9.17) is 6.42 Å². The lowest BCUT2D eigenvalue weighted by atomic mass is 10.2. The third-order valence-corrected chi connectivity index (χ3v) is 2.50. The van der Waals surface area contributed by atoms with Gasteiger partial charge in [-0.2, -0.15) is 0 Å². The zero-order valence-corrected chi connectivity index (χ0v) is 11.4. The number of halogens is 1. The van der Waals surface area contributed by atoms with Gasteiger partial charge in [-0.3, -0.25) is 0 Å². The molecule has 4 heteroatoms. The molecule has 0 aliphatic carbocycles. The number of hydrogen-bond acceptors (Lipinski definition) is 1. The van der Waals surface area contributed by atoms with E-state index in [2.05, 4.69) is 37.5 Å². The minimum Gasteiger partial charge on any atom is -0.357 e. The van der Waals surface area contributed by atoms with E-state index in [9.17, 15) is 0 Å². The predicted octanol–water partition coefficient (Wildman–Crippen LogP) is 2.14. The molecular weight excluding hydrogens is 278 g/mol. The SMILES string of the molecule is C#CCNC(=NCc1cccc(Br)c1)NCC. The molecule has 0 saturated heterocycles. The summed E-state index contributed by atoms with van der Waals surface area (Å²) in [5.74, 6) is 3.27. The number of guanidine groups is 1. The Morgan fingerprint density at radius 1 is 1.47 bits per heavy atom. The molecule has 0 fully saturated rings. The second kappa shape index (κ2) is 7.75. The minimum absolute atomic E-state index is 0.477. The number of rotatable bonds is 4. The number of nitrogens with one attached hydrogen (secondary N) is 2. The highest BCUT2D eigenvalue weighted by Crippen LogP contribution is 2.12. The van der Waals surface area contributed by atoms with Crippen LogP contribution in [0.2, 0.25) is 0 Å². The molecule has 2 N–H and O–H groups in total. The molecule has 0 radical (unpaired) electrons. The summed E-state index contributed by atoms with van der Waals surface area (Å²) in [7, 11) is 0. The van der Waals surface area contributed by atoms with Gasteiger partial charge in [-0.25, -0.2) is 4.99 Å². The average Bonchev–Trinajstić information content (AvgIpc) is 2.33. The van der Waals surface area contributed by atoms with Crippen molar-refractivity contribution in [2.24, 2.45) is 4.99 Å². The average molecular weight is 294 g/mol. The first-order chi connectivity index (χ1) is 8.26. The van der Waals surface area contributed by atoms with Gasteiger partial charge in [0.05, 0.1) is 13.1 Å². The van der Waals surface area contributed by atoms with Crippen molar-refractivity contribution >= 4 is 21.9 Å². The third-order valence-electron chi connectivity index (χ3n) is 2.01. The van der Waals surface area contributed by atoms with Gasteiger partial charge in [0.2, 0.25) is 0 Å². The van der Waals surface area contributed by atoms with Crippen molar-refractivity contribution < 1.29 is 0 Å². The maximum absolute atomic E-state index is 5.20. The predicted molar refractivity (Wildman–Crippen MR) is 75.8 cm³/mol. The van der Waals surface area contributed by atoms with Gasteiger partial charge in [-0.15, -0.1) is 6.42 Å². The zero-order chi connectivity index (χ0) is 12.5. The molecule has 0 unspecified atom stereocenters. The number of hydrogen-bond donors (Lipinski definition) is 2. The molecule has 0 atom stereocenters. The van der Waals surface area contributed by atoms with Gasteiger partial charge >= 0.3 is 0 Å². The number of terminal acetylenes is 1. The summed E-state index contributed by atoms with van der Waals surface area (Å²) in [6.45, 7) is 3.94. The van der Waals surface area contributed by atoms with Crippen molar-refractivity contribution in [1.82, 2.24) is 10.6 Å². The van der Waals surface area contributed by atoms with E-state index < -0.39 is 0 Å². The first kappa shape index (κ1) is 13.6. The summed E-state index contributed by atoms with van der Waals surface area (Å²) in [5.41, 5.74) is 1.15. The van der Waals surface area contributed by atoms with Crippen LogP contribution in [0.15, 0.2) is 33.7 Å². The standard InChI is InChI=1S/C13H16BrN3/c1-3-8-16-13(15-4-2)17-10-11-6-5-7-12(14)9-11/h1,5-7,9H,4,8,10H2,2H3,(H2,15,16,17). The Labute approximate surface area is 111 Å². The highest BCUT2D eigenvalue weighted by Gasteiger charge is 1.96. The van der Waals surface area contributed by atoms with Gasteiger partial charge in [-0.05, 0) is 24.6 Å². The fourth-order valence-electron chi connectivity index (χ4n) is 1.28. The van der Waals surface area contributed by atoms with Gasteiger partial charge in [0.1, 0.15) is 0 Å². The Bertz CT molecular complexity index is 421. The quantitative estimate of drug-likeness (QED) is 0.507. The Kier molecular flexibility index (Phi) is 6.19. The van der Waals surface area contributed by atoms with Gasteiger partial charge in [0.25, 0.3) is 0 Å². The topological polar surface area (TPSA) is 36.4 Å². The van der Waals surface area contributed by atoms with Crippen LogP contribution in [0.4, 0.5) is 0 Å². The molecule has 0 aromatic heterocycles. The summed E-state index contributed by atoms with van der Waals surface area (Å²) in [6, 6.07) is 8.08. The van der Waals surface area contributed by atoms with E-state index in [-0.39, 0.29) is 0 Å². The van der Waals surface area contributed by atoms with Crippen LogP contribution in [-0.4, -0.2) is 19.0 Å². The minimum atomic E-state index is 0.477. The highest BCUT2D eigenvalue weighted by molar-refractivity contribution is 9.10. The lowest BCUT2D eigenvalue weighted by molar-refractivity contribution is 0.865. The first-order valence-electron chi connectivity index (χ1n) is 5.46. The summed E-state index contributed by atoms with van der Waals surface area (Å²) in [4.78, 5) is 4.44. The Balaban J connectivity index is 2.62. The number of nitrogens with zero attached hydrogens (tertiary/aromatic N) is 1. The Hall–Kier alpha value is -1.47. The zero-order valence-electron chi connectivity index (χ0n) is 9.83. The molecule has 0 spiro atoms. The van der Waals surface area contributed by atoms with Crippen molar-refractivity contribution in [3.8, 4) is 12.3 Å². The summed E-state index contributed by atoms with van der Waals surface area (Å²) < 4.78 is 1.06. The maximum Gasteiger partial charge on any atom is 0.192 e. The fourth-order valence-corrected chi connectivity index (χ4v) is 1.73. The highest BCUT2D eigenvalue weighted by atomic mass is 79.9. The van der Waals surface area contributed by atoms with Gasteiger partial charge in [0, 0.05) is 11.0 Å². The third kappa shape index (κ3) is 5.41. The van der Waals surface area contributed by atoms with Crippen LogP contribution >= 0.6 is 15.9 Å². The summed E-state index contributed by atoms with van der Waals surface area (Å²) >= 11 is 3.44. The van der Waals surface area contributed by atoms with E-state index in [1.54, 1.807) is 0 Å². The van der Waals surface area contributed by atoms with Crippen molar-refractivity contribution in [2.75, 3.05) is 13.1 Å². The second-order valence-electron chi connectivity index (χ2n) is 3.38. The molecule has 0 amide bonds. The molecule has 90 valence electrons. The maximum atomic E-state index is 5.20. The van der Waals surface area contributed by atoms with Crippen LogP contribution in [0.5, 0.6) is 0 Å². The van der Waals surface area contributed by atoms with Crippen molar-refractivity contribution in [2.45, 2.75) is 13.5 Å². The molecule has 17 heavy (non-hydrogen) atoms. The normalized spacial score (nSPS) is 10.8. The van der Waals surface area contributed by atoms with Crippen LogP contribution in [0.25, 0.3) is 0 Å². The fraction of sp³-hybridized carbons (Fsp3) is 0.308. The monoisotopic (exact) mass is 293 g/mol. The van der Waals surface area contributed by atoms with Crippen molar-refractivity contribution in [3.63, 3.8) is 0 Å². The largest absolute Gasteiger partial charge is 0.357 e. The number of benzene rings is 1. The number of aliphatic imine (C=N–C) groups is 1. The molecule has 0 aliphatic rings. The second-order valence-corrected chi connectivity index (χ2v) is 4.30. The molecule has 1 aromatic carbocycles. The molecule has 0 aliphatic heterocycles. The van der Waals surface area contributed by atoms with Crippen LogP contribution in [0, 0.1) is 12.3 Å². The summed E-state index contributed by atoms with van der Waals surface area (Å²) in [6.07, 6.45) is 5.20. The van der Waals surface area contributed by atoms with E-state index in [0.29, 0.717) is 13.1 Å². The molecule has 1 aromatic rings. The van der Waals surface area contributed by atoms with Gasteiger partial charge in [0.15, 0.2) is 5.96 Å². The molecule has 0 heterocycles. The van der Waals surface area contributed by atoms with E-state index in [1.807, 2.05) is 31.2 Å². The van der Waals surface area contributed by atoms with E-state index in [0.717, 1.165) is 22.5 Å². The van der Waals surface area contributed by atoms with E-state index >= 15 is 0 Å². The van der Waals surface area contributed by atoms with E-state index in [1.165, 1.54) is 0 Å². The van der Waals surface area contributed by atoms with Gasteiger partial charge < -0.3 is 10.6 Å². The van der Waals surface area contributed by atoms with Crippen LogP contribution < -0.4 is 10.6 Å². The molecule has 0 saturated carbocycles.